The standard InChI is InChI=1S/C12H19BrN2S/c1-8-9(2)16-12(14-8)7-15(3)6-10-4-11(13)5-10/h10-11H,4-7H2,1-3H3. The Bertz CT molecular complexity index is 338. The molecule has 0 atom stereocenters. The minimum Gasteiger partial charge on any atom is -0.299 e. The number of halogens is 1. The van der Waals surface area contributed by atoms with E-state index in [2.05, 4.69) is 46.7 Å². The highest BCUT2D eigenvalue weighted by molar-refractivity contribution is 9.09. The van der Waals surface area contributed by atoms with E-state index < -0.39 is 0 Å². The van der Waals surface area contributed by atoms with E-state index in [4.69, 9.17) is 0 Å². The first kappa shape index (κ1) is 12.5. The largest absolute Gasteiger partial charge is 0.299 e. The molecule has 0 amide bonds. The van der Waals surface area contributed by atoms with Crippen molar-refractivity contribution in [1.29, 1.82) is 0 Å². The van der Waals surface area contributed by atoms with Gasteiger partial charge in [0.15, 0.2) is 0 Å². The summed E-state index contributed by atoms with van der Waals surface area (Å²) < 4.78 is 0. The molecule has 0 radical (unpaired) electrons. The summed E-state index contributed by atoms with van der Waals surface area (Å²) in [7, 11) is 2.20. The fraction of sp³-hybridized carbons (Fsp3) is 0.750. The summed E-state index contributed by atoms with van der Waals surface area (Å²) in [6.07, 6.45) is 2.67. The van der Waals surface area contributed by atoms with Gasteiger partial charge in [-0.3, -0.25) is 4.90 Å². The van der Waals surface area contributed by atoms with Crippen molar-refractivity contribution in [2.24, 2.45) is 5.92 Å². The van der Waals surface area contributed by atoms with E-state index in [1.165, 1.54) is 35.0 Å². The van der Waals surface area contributed by atoms with Crippen LogP contribution in [0.2, 0.25) is 0 Å². The van der Waals surface area contributed by atoms with Gasteiger partial charge in [-0.2, -0.15) is 0 Å². The molecule has 4 heteroatoms. The van der Waals surface area contributed by atoms with E-state index in [0.717, 1.165) is 17.3 Å². The predicted molar refractivity (Wildman–Crippen MR) is 73.4 cm³/mol. The third-order valence-corrected chi connectivity index (χ3v) is 5.03. The van der Waals surface area contributed by atoms with Crippen molar-refractivity contribution < 1.29 is 0 Å². The Kier molecular flexibility index (Phi) is 4.03. The molecule has 0 saturated heterocycles. The Morgan fingerprint density at radius 2 is 2.12 bits per heavy atom. The number of rotatable bonds is 4. The lowest BCUT2D eigenvalue weighted by atomic mass is 9.85. The Labute approximate surface area is 110 Å². The third kappa shape index (κ3) is 3.05. The first-order valence-electron chi connectivity index (χ1n) is 5.80. The Morgan fingerprint density at radius 1 is 1.44 bits per heavy atom. The monoisotopic (exact) mass is 302 g/mol. The van der Waals surface area contributed by atoms with Crippen LogP contribution >= 0.6 is 27.3 Å². The molecule has 2 nitrogen and oxygen atoms in total. The van der Waals surface area contributed by atoms with Crippen LogP contribution in [-0.4, -0.2) is 28.3 Å². The lowest BCUT2D eigenvalue weighted by Crippen LogP contribution is -2.34. The van der Waals surface area contributed by atoms with Gasteiger partial charge in [-0.05, 0) is 39.7 Å². The number of thiazole rings is 1. The molecule has 0 aliphatic heterocycles. The fourth-order valence-corrected chi connectivity index (χ4v) is 4.22. The van der Waals surface area contributed by atoms with Crippen LogP contribution in [0.15, 0.2) is 0 Å². The number of alkyl halides is 1. The molecule has 0 bridgehead atoms. The number of nitrogens with zero attached hydrogens (tertiary/aromatic N) is 2. The molecular formula is C12H19BrN2S. The number of aryl methyl sites for hydroxylation is 2. The zero-order valence-electron chi connectivity index (χ0n) is 10.2. The average molecular weight is 303 g/mol. The van der Waals surface area contributed by atoms with Crippen molar-refractivity contribution in [3.05, 3.63) is 15.6 Å². The van der Waals surface area contributed by atoms with E-state index in [1.807, 2.05) is 11.3 Å². The van der Waals surface area contributed by atoms with Gasteiger partial charge in [-0.25, -0.2) is 4.98 Å². The van der Waals surface area contributed by atoms with Gasteiger partial charge in [0.2, 0.25) is 0 Å². The summed E-state index contributed by atoms with van der Waals surface area (Å²) in [6.45, 7) is 6.46. The smallest absolute Gasteiger partial charge is 0.107 e. The van der Waals surface area contributed by atoms with Gasteiger partial charge in [-0.15, -0.1) is 11.3 Å². The summed E-state index contributed by atoms with van der Waals surface area (Å²) in [5.74, 6) is 0.886. The van der Waals surface area contributed by atoms with Crippen molar-refractivity contribution in [2.75, 3.05) is 13.6 Å². The Hall–Kier alpha value is 0.0700. The van der Waals surface area contributed by atoms with Gasteiger partial charge in [-0.1, -0.05) is 15.9 Å². The average Bonchev–Trinajstić information content (AvgIpc) is 2.43. The molecule has 1 aliphatic rings. The SMILES string of the molecule is Cc1nc(CN(C)CC2CC(Br)C2)sc1C. The van der Waals surface area contributed by atoms with Crippen LogP contribution in [0.5, 0.6) is 0 Å². The van der Waals surface area contributed by atoms with E-state index >= 15 is 0 Å². The van der Waals surface area contributed by atoms with Gasteiger partial charge in [0, 0.05) is 16.2 Å². The van der Waals surface area contributed by atoms with Crippen molar-refractivity contribution in [3.63, 3.8) is 0 Å². The van der Waals surface area contributed by atoms with Crippen LogP contribution in [0.4, 0.5) is 0 Å². The maximum absolute atomic E-state index is 4.58. The summed E-state index contributed by atoms with van der Waals surface area (Å²) >= 11 is 5.48. The quantitative estimate of drug-likeness (QED) is 0.793. The second kappa shape index (κ2) is 5.15. The van der Waals surface area contributed by atoms with Gasteiger partial charge in [0.25, 0.3) is 0 Å². The molecular weight excluding hydrogens is 284 g/mol. The molecule has 0 N–H and O–H groups in total. The molecule has 1 aromatic rings. The molecule has 1 fully saturated rings. The zero-order chi connectivity index (χ0) is 11.7. The second-order valence-corrected chi connectivity index (χ2v) is 7.46. The summed E-state index contributed by atoms with van der Waals surface area (Å²) in [5, 5.41) is 1.26. The first-order valence-corrected chi connectivity index (χ1v) is 7.53. The maximum atomic E-state index is 4.58. The van der Waals surface area contributed by atoms with E-state index in [0.29, 0.717) is 0 Å². The third-order valence-electron chi connectivity index (χ3n) is 3.23. The fourth-order valence-electron chi connectivity index (χ4n) is 2.15. The number of hydrogen-bond acceptors (Lipinski definition) is 3. The topological polar surface area (TPSA) is 16.1 Å². The van der Waals surface area contributed by atoms with Crippen LogP contribution in [0.25, 0.3) is 0 Å². The summed E-state index contributed by atoms with van der Waals surface area (Å²) in [6, 6.07) is 0. The molecule has 0 aromatic carbocycles. The Balaban J connectivity index is 1.80. The zero-order valence-corrected chi connectivity index (χ0v) is 12.6. The molecule has 1 aliphatic carbocycles. The molecule has 2 rings (SSSR count). The predicted octanol–water partition coefficient (Wildman–Crippen LogP) is 3.37. The first-order chi connectivity index (χ1) is 7.54. The molecule has 1 heterocycles. The summed E-state index contributed by atoms with van der Waals surface area (Å²) in [4.78, 5) is 9.12. The number of aromatic nitrogens is 1. The maximum Gasteiger partial charge on any atom is 0.107 e. The molecule has 1 aromatic heterocycles. The highest BCUT2D eigenvalue weighted by atomic mass is 79.9. The normalized spacial score (nSPS) is 24.8. The van der Waals surface area contributed by atoms with Crippen molar-refractivity contribution >= 4 is 27.3 Å². The van der Waals surface area contributed by atoms with E-state index in [9.17, 15) is 0 Å². The highest BCUT2D eigenvalue weighted by Crippen LogP contribution is 2.33. The minimum absolute atomic E-state index is 0.773. The Morgan fingerprint density at radius 3 is 2.62 bits per heavy atom. The molecule has 16 heavy (non-hydrogen) atoms. The van der Waals surface area contributed by atoms with E-state index in [1.54, 1.807) is 0 Å². The lowest BCUT2D eigenvalue weighted by Gasteiger charge is -2.34. The van der Waals surface area contributed by atoms with Crippen LogP contribution in [0, 0.1) is 19.8 Å². The highest BCUT2D eigenvalue weighted by Gasteiger charge is 2.27. The van der Waals surface area contributed by atoms with Gasteiger partial charge < -0.3 is 0 Å². The van der Waals surface area contributed by atoms with Gasteiger partial charge in [0.1, 0.15) is 5.01 Å². The van der Waals surface area contributed by atoms with Crippen molar-refractivity contribution in [2.45, 2.75) is 38.1 Å². The molecule has 1 saturated carbocycles. The van der Waals surface area contributed by atoms with Crippen LogP contribution in [0.1, 0.15) is 28.4 Å². The lowest BCUT2D eigenvalue weighted by molar-refractivity contribution is 0.208. The van der Waals surface area contributed by atoms with Gasteiger partial charge in [0.05, 0.1) is 12.2 Å². The van der Waals surface area contributed by atoms with Crippen molar-refractivity contribution in [1.82, 2.24) is 9.88 Å². The van der Waals surface area contributed by atoms with Crippen LogP contribution < -0.4 is 0 Å². The van der Waals surface area contributed by atoms with Gasteiger partial charge >= 0.3 is 0 Å². The molecule has 0 unspecified atom stereocenters. The summed E-state index contributed by atoms with van der Waals surface area (Å²) in [5.41, 5.74) is 1.19. The minimum atomic E-state index is 0.773. The molecule has 0 spiro atoms. The molecule has 90 valence electrons. The second-order valence-electron chi connectivity index (χ2n) is 4.88. The number of hydrogen-bond donors (Lipinski definition) is 0. The van der Waals surface area contributed by atoms with E-state index in [-0.39, 0.29) is 0 Å². The van der Waals surface area contributed by atoms with Crippen LogP contribution in [-0.2, 0) is 6.54 Å². The van der Waals surface area contributed by atoms with Crippen molar-refractivity contribution in [3.8, 4) is 0 Å². The van der Waals surface area contributed by atoms with Crippen LogP contribution in [0.3, 0.4) is 0 Å².